The van der Waals surface area contributed by atoms with Crippen molar-refractivity contribution in [1.82, 2.24) is 18.8 Å². The molecule has 1 amide bonds. The Morgan fingerprint density at radius 3 is 2.84 bits per heavy atom. The topological polar surface area (TPSA) is 86.3 Å². The number of carbonyl (C=O) groups excluding carboxylic acids is 1. The van der Waals surface area contributed by atoms with Crippen LogP contribution in [0.1, 0.15) is 30.3 Å². The molecule has 1 aromatic carbocycles. The summed E-state index contributed by atoms with van der Waals surface area (Å²) in [4.78, 5) is 17.8. The Labute approximate surface area is 193 Å². The Hall–Kier alpha value is -2.00. The number of ether oxygens (including phenoxy) is 1. The average molecular weight is 464 g/mol. The van der Waals surface area contributed by atoms with Crippen LogP contribution in [0, 0.1) is 5.92 Å². The lowest BCUT2D eigenvalue weighted by Crippen LogP contribution is -2.30. The number of nitrogens with zero attached hydrogens (tertiary/aromatic N) is 4. The fourth-order valence-electron chi connectivity index (χ4n) is 4.23. The summed E-state index contributed by atoms with van der Waals surface area (Å²) >= 11 is 1.38. The molecule has 7 nitrogen and oxygen atoms in total. The number of carbonyl (C=O) groups is 1. The van der Waals surface area contributed by atoms with Crippen molar-refractivity contribution in [2.75, 3.05) is 26.8 Å². The van der Waals surface area contributed by atoms with E-state index in [-0.39, 0.29) is 24.9 Å². The fourth-order valence-corrected chi connectivity index (χ4v) is 4.97. The second-order valence-electron chi connectivity index (χ2n) is 8.07. The number of hydrogen-bond donors (Lipinski definition) is 1. The summed E-state index contributed by atoms with van der Waals surface area (Å²) in [5.74, 6) is 1.05. The third-order valence-electron chi connectivity index (χ3n) is 5.70. The Morgan fingerprint density at radius 1 is 1.35 bits per heavy atom. The van der Waals surface area contributed by atoms with Crippen molar-refractivity contribution in [3.8, 4) is 11.4 Å². The van der Waals surface area contributed by atoms with Gasteiger partial charge in [-0.05, 0) is 49.3 Å². The molecule has 0 radical (unpaired) electrons. The van der Waals surface area contributed by atoms with Gasteiger partial charge in [0.05, 0.1) is 18.6 Å². The van der Waals surface area contributed by atoms with Crippen LogP contribution in [0.4, 0.5) is 0 Å². The number of aryl methyl sites for hydroxylation is 1. The number of rotatable bonds is 8. The summed E-state index contributed by atoms with van der Waals surface area (Å²) in [7, 11) is 1.86. The quantitative estimate of drug-likeness (QED) is 0.552. The molecule has 0 spiro atoms. The Bertz CT molecular complexity index is 1030. The van der Waals surface area contributed by atoms with Gasteiger partial charge in [-0.25, -0.2) is 4.98 Å². The van der Waals surface area contributed by atoms with Gasteiger partial charge >= 0.3 is 0 Å². The SMILES string of the molecule is CCc1cccc2c(-c3nsc(CN(C)CC(N)=O)n3)cn(CC3CCOCC3)c12.Cl. The molecule has 1 fully saturated rings. The molecule has 0 saturated carbocycles. The summed E-state index contributed by atoms with van der Waals surface area (Å²) in [6, 6.07) is 6.51. The van der Waals surface area contributed by atoms with E-state index in [2.05, 4.69) is 40.3 Å². The lowest BCUT2D eigenvalue weighted by atomic mass is 10.00. The first kappa shape index (κ1) is 23.7. The van der Waals surface area contributed by atoms with Crippen LogP contribution in [0.5, 0.6) is 0 Å². The zero-order valence-electron chi connectivity index (χ0n) is 18.0. The molecule has 2 aromatic heterocycles. The number of primary amides is 1. The van der Waals surface area contributed by atoms with Crippen LogP contribution in [0.15, 0.2) is 24.4 Å². The van der Waals surface area contributed by atoms with Gasteiger partial charge in [0.25, 0.3) is 0 Å². The van der Waals surface area contributed by atoms with Gasteiger partial charge < -0.3 is 15.0 Å². The molecule has 0 atom stereocenters. The van der Waals surface area contributed by atoms with Gasteiger partial charge in [-0.15, -0.1) is 12.4 Å². The molecular formula is C22H30ClN5O2S. The van der Waals surface area contributed by atoms with Gasteiger partial charge in [-0.2, -0.15) is 4.37 Å². The van der Waals surface area contributed by atoms with Crippen LogP contribution in [0.3, 0.4) is 0 Å². The highest BCUT2D eigenvalue weighted by Gasteiger charge is 2.20. The van der Waals surface area contributed by atoms with E-state index >= 15 is 0 Å². The average Bonchev–Trinajstić information content (AvgIpc) is 3.33. The van der Waals surface area contributed by atoms with E-state index in [0.29, 0.717) is 12.5 Å². The van der Waals surface area contributed by atoms with E-state index in [4.69, 9.17) is 15.5 Å². The van der Waals surface area contributed by atoms with Gasteiger partial charge in [0.2, 0.25) is 5.91 Å². The number of fused-ring (bicyclic) bond motifs is 1. The highest BCUT2D eigenvalue weighted by atomic mass is 35.5. The maximum Gasteiger partial charge on any atom is 0.231 e. The van der Waals surface area contributed by atoms with E-state index in [9.17, 15) is 4.79 Å². The Kier molecular flexibility index (Phi) is 8.05. The van der Waals surface area contributed by atoms with Crippen LogP contribution >= 0.6 is 23.9 Å². The molecular weight excluding hydrogens is 434 g/mol. The minimum atomic E-state index is -0.342. The number of hydrogen-bond acceptors (Lipinski definition) is 6. The smallest absolute Gasteiger partial charge is 0.231 e. The molecule has 4 rings (SSSR count). The third kappa shape index (κ3) is 5.44. The number of likely N-dealkylation sites (N-methyl/N-ethyl adjacent to an activating group) is 1. The number of amides is 1. The van der Waals surface area contributed by atoms with Crippen LogP contribution in [-0.4, -0.2) is 51.5 Å². The highest BCUT2D eigenvalue weighted by Crippen LogP contribution is 2.33. The van der Waals surface area contributed by atoms with Crippen molar-refractivity contribution in [1.29, 1.82) is 0 Å². The molecule has 3 heterocycles. The predicted octanol–water partition coefficient (Wildman–Crippen LogP) is 3.49. The second-order valence-corrected chi connectivity index (χ2v) is 8.90. The number of halogens is 1. The predicted molar refractivity (Wildman–Crippen MR) is 127 cm³/mol. The van der Waals surface area contributed by atoms with Crippen molar-refractivity contribution < 1.29 is 9.53 Å². The van der Waals surface area contributed by atoms with Crippen LogP contribution < -0.4 is 5.73 Å². The van der Waals surface area contributed by atoms with E-state index in [1.165, 1.54) is 28.0 Å². The zero-order valence-corrected chi connectivity index (χ0v) is 19.7. The van der Waals surface area contributed by atoms with E-state index in [1.54, 1.807) is 0 Å². The Balaban J connectivity index is 0.00000272. The van der Waals surface area contributed by atoms with Crippen molar-refractivity contribution in [2.24, 2.45) is 11.7 Å². The fraction of sp³-hybridized carbons (Fsp3) is 0.500. The van der Waals surface area contributed by atoms with Gasteiger partial charge in [-0.3, -0.25) is 9.69 Å². The minimum absolute atomic E-state index is 0. The molecule has 31 heavy (non-hydrogen) atoms. The van der Waals surface area contributed by atoms with E-state index < -0.39 is 0 Å². The van der Waals surface area contributed by atoms with Gasteiger partial charge in [-0.1, -0.05) is 25.1 Å². The molecule has 0 unspecified atom stereocenters. The standard InChI is InChI=1S/C22H29N5O2S.ClH/c1-3-16-5-4-6-17-18(12-27(21(16)17)11-15-7-9-29-10-8-15)22-24-20(30-25-22)14-26(2)13-19(23)28;/h4-6,12,15H,3,7-11,13-14H2,1-2H3,(H2,23,28);1H. The number of para-hydroxylation sites is 1. The Morgan fingerprint density at radius 2 is 2.13 bits per heavy atom. The third-order valence-corrected chi connectivity index (χ3v) is 6.39. The molecule has 0 bridgehead atoms. The maximum absolute atomic E-state index is 11.1. The van der Waals surface area contributed by atoms with Crippen molar-refractivity contribution in [3.63, 3.8) is 0 Å². The summed E-state index contributed by atoms with van der Waals surface area (Å²) in [6.45, 7) is 5.67. The van der Waals surface area contributed by atoms with Gasteiger partial charge in [0.15, 0.2) is 5.82 Å². The maximum atomic E-state index is 11.1. The largest absolute Gasteiger partial charge is 0.381 e. The van der Waals surface area contributed by atoms with E-state index in [0.717, 1.165) is 55.4 Å². The molecule has 168 valence electrons. The molecule has 9 heteroatoms. The molecule has 2 N–H and O–H groups in total. The summed E-state index contributed by atoms with van der Waals surface area (Å²) in [5.41, 5.74) is 9.01. The van der Waals surface area contributed by atoms with Gasteiger partial charge in [0, 0.05) is 36.9 Å². The first-order valence-corrected chi connectivity index (χ1v) is 11.3. The van der Waals surface area contributed by atoms with Crippen molar-refractivity contribution in [2.45, 2.75) is 39.3 Å². The lowest BCUT2D eigenvalue weighted by Gasteiger charge is -2.23. The summed E-state index contributed by atoms with van der Waals surface area (Å²) in [6.07, 6.45) is 5.42. The number of benzene rings is 1. The molecule has 1 aliphatic rings. The monoisotopic (exact) mass is 463 g/mol. The van der Waals surface area contributed by atoms with Crippen LogP contribution in [0.25, 0.3) is 22.3 Å². The highest BCUT2D eigenvalue weighted by molar-refractivity contribution is 7.05. The summed E-state index contributed by atoms with van der Waals surface area (Å²) < 4.78 is 12.6. The van der Waals surface area contributed by atoms with Crippen molar-refractivity contribution >= 4 is 40.7 Å². The molecule has 0 aliphatic carbocycles. The van der Waals surface area contributed by atoms with Gasteiger partial charge in [0.1, 0.15) is 5.01 Å². The summed E-state index contributed by atoms with van der Waals surface area (Å²) in [5, 5.41) is 2.09. The zero-order chi connectivity index (χ0) is 21.1. The lowest BCUT2D eigenvalue weighted by molar-refractivity contribution is -0.118. The second kappa shape index (κ2) is 10.5. The van der Waals surface area contributed by atoms with Crippen LogP contribution in [-0.2, 0) is 29.0 Å². The number of nitrogens with two attached hydrogens (primary N) is 1. The molecule has 3 aromatic rings. The number of aromatic nitrogens is 3. The van der Waals surface area contributed by atoms with E-state index in [1.807, 2.05) is 11.9 Å². The first-order chi connectivity index (χ1) is 14.5. The first-order valence-electron chi connectivity index (χ1n) is 10.5. The molecule has 1 saturated heterocycles. The molecule has 1 aliphatic heterocycles. The van der Waals surface area contributed by atoms with Crippen LogP contribution in [0.2, 0.25) is 0 Å². The minimum Gasteiger partial charge on any atom is -0.381 e. The normalized spacial score (nSPS) is 14.8. The van der Waals surface area contributed by atoms with Crippen molar-refractivity contribution in [3.05, 3.63) is 35.0 Å².